The second-order valence-corrected chi connectivity index (χ2v) is 8.82. The van der Waals surface area contributed by atoms with E-state index < -0.39 is 15.9 Å². The molecule has 0 saturated carbocycles. The number of carbonyl (C=O) groups is 1. The Bertz CT molecular complexity index is 1240. The lowest BCUT2D eigenvalue weighted by Crippen LogP contribution is -2.39. The number of carbonyl (C=O) groups excluding carboxylic acids is 1. The predicted molar refractivity (Wildman–Crippen MR) is 110 cm³/mol. The molecule has 0 atom stereocenters. The Morgan fingerprint density at radius 3 is 2.72 bits per heavy atom. The van der Waals surface area contributed by atoms with Crippen molar-refractivity contribution in [1.29, 1.82) is 0 Å². The van der Waals surface area contributed by atoms with Crippen LogP contribution in [-0.4, -0.2) is 42.9 Å². The highest BCUT2D eigenvalue weighted by Crippen LogP contribution is 2.29. The predicted octanol–water partition coefficient (Wildman–Crippen LogP) is 0.905. The van der Waals surface area contributed by atoms with E-state index in [2.05, 4.69) is 10.4 Å². The zero-order valence-electron chi connectivity index (χ0n) is 15.6. The summed E-state index contributed by atoms with van der Waals surface area (Å²) in [6, 6.07) is 14.4. The first-order valence-corrected chi connectivity index (χ1v) is 10.9. The largest absolute Gasteiger partial charge is 0.353 e. The van der Waals surface area contributed by atoms with Crippen molar-refractivity contribution < 1.29 is 13.2 Å². The molecule has 4 rings (SSSR count). The van der Waals surface area contributed by atoms with Gasteiger partial charge in [0.15, 0.2) is 0 Å². The zero-order valence-corrected chi connectivity index (χ0v) is 16.4. The van der Waals surface area contributed by atoms with Gasteiger partial charge in [0, 0.05) is 18.5 Å². The van der Waals surface area contributed by atoms with Crippen LogP contribution >= 0.6 is 0 Å². The monoisotopic (exact) mass is 412 g/mol. The number of amides is 1. The second kappa shape index (κ2) is 7.67. The van der Waals surface area contributed by atoms with Gasteiger partial charge < -0.3 is 5.32 Å². The molecular formula is C20H20N4O4S. The van der Waals surface area contributed by atoms with Crippen molar-refractivity contribution in [3.8, 4) is 0 Å². The molecule has 1 aliphatic rings. The van der Waals surface area contributed by atoms with Crippen LogP contribution in [0, 0.1) is 0 Å². The van der Waals surface area contributed by atoms with E-state index in [-0.39, 0.29) is 24.4 Å². The van der Waals surface area contributed by atoms with Gasteiger partial charge in [-0.25, -0.2) is 13.1 Å². The first-order chi connectivity index (χ1) is 14.0. The number of rotatable bonds is 6. The molecule has 2 heterocycles. The highest BCUT2D eigenvalue weighted by atomic mass is 32.2. The van der Waals surface area contributed by atoms with Gasteiger partial charge in [-0.15, -0.1) is 0 Å². The first kappa shape index (κ1) is 19.1. The van der Waals surface area contributed by atoms with Gasteiger partial charge in [0.25, 0.3) is 5.56 Å². The topological polar surface area (TPSA) is 101 Å². The van der Waals surface area contributed by atoms with E-state index in [1.54, 1.807) is 30.3 Å². The number of para-hydroxylation sites is 1. The second-order valence-electron chi connectivity index (χ2n) is 6.81. The Balaban J connectivity index is 1.37. The van der Waals surface area contributed by atoms with E-state index in [1.807, 2.05) is 18.2 Å². The molecule has 2 aromatic carbocycles. The van der Waals surface area contributed by atoms with Crippen molar-refractivity contribution in [3.63, 3.8) is 0 Å². The lowest BCUT2D eigenvalue weighted by molar-refractivity contribution is -0.121. The fourth-order valence-corrected chi connectivity index (χ4v) is 4.89. The van der Waals surface area contributed by atoms with Crippen molar-refractivity contribution in [2.45, 2.75) is 13.0 Å². The number of fused-ring (bicyclic) bond motifs is 2. The number of hydrogen-bond donors (Lipinski definition) is 1. The quantitative estimate of drug-likeness (QED) is 0.648. The van der Waals surface area contributed by atoms with Crippen LogP contribution in [0.1, 0.15) is 5.56 Å². The Labute approximate surface area is 167 Å². The van der Waals surface area contributed by atoms with Crippen molar-refractivity contribution >= 4 is 32.4 Å². The molecule has 9 heteroatoms. The smallest absolute Gasteiger partial charge is 0.275 e. The van der Waals surface area contributed by atoms with Crippen molar-refractivity contribution in [2.24, 2.45) is 0 Å². The van der Waals surface area contributed by atoms with Crippen LogP contribution in [0.5, 0.6) is 0 Å². The molecule has 1 aliphatic heterocycles. The summed E-state index contributed by atoms with van der Waals surface area (Å²) in [5.41, 5.74) is 1.34. The minimum atomic E-state index is -3.54. The molecule has 150 valence electrons. The van der Waals surface area contributed by atoms with E-state index in [0.717, 1.165) is 10.2 Å². The molecule has 1 N–H and O–H groups in total. The van der Waals surface area contributed by atoms with Gasteiger partial charge in [0.05, 0.1) is 23.0 Å². The van der Waals surface area contributed by atoms with Crippen LogP contribution in [0.2, 0.25) is 0 Å². The van der Waals surface area contributed by atoms with Crippen molar-refractivity contribution in [2.75, 3.05) is 23.1 Å². The first-order valence-electron chi connectivity index (χ1n) is 9.25. The molecule has 3 aromatic rings. The van der Waals surface area contributed by atoms with Crippen LogP contribution in [0.15, 0.2) is 59.5 Å². The van der Waals surface area contributed by atoms with Gasteiger partial charge in [0.2, 0.25) is 15.9 Å². The number of nitrogens with one attached hydrogen (secondary N) is 1. The SMILES string of the molecule is O=C(Cn1ncc2ccccc2c1=O)NCCS(=O)(=O)N1CCc2ccccc21. The zero-order chi connectivity index (χ0) is 20.4. The van der Waals surface area contributed by atoms with Gasteiger partial charge >= 0.3 is 0 Å². The Hall–Kier alpha value is -3.20. The average molecular weight is 412 g/mol. The maximum Gasteiger partial charge on any atom is 0.275 e. The molecule has 0 fully saturated rings. The van der Waals surface area contributed by atoms with Crippen LogP contribution in [0.25, 0.3) is 10.8 Å². The summed E-state index contributed by atoms with van der Waals surface area (Å²) in [6.45, 7) is 0.102. The van der Waals surface area contributed by atoms with Crippen molar-refractivity contribution in [1.82, 2.24) is 15.1 Å². The summed E-state index contributed by atoms with van der Waals surface area (Å²) in [6.07, 6.45) is 2.21. The highest BCUT2D eigenvalue weighted by Gasteiger charge is 2.28. The summed E-state index contributed by atoms with van der Waals surface area (Å²) in [7, 11) is -3.54. The summed E-state index contributed by atoms with van der Waals surface area (Å²) < 4.78 is 27.8. The lowest BCUT2D eigenvalue weighted by Gasteiger charge is -2.19. The third-order valence-electron chi connectivity index (χ3n) is 4.92. The van der Waals surface area contributed by atoms with Gasteiger partial charge in [-0.3, -0.25) is 13.9 Å². The molecule has 8 nitrogen and oxygen atoms in total. The molecule has 0 unspecified atom stereocenters. The van der Waals surface area contributed by atoms with Crippen LogP contribution in [0.4, 0.5) is 5.69 Å². The maximum atomic E-state index is 12.6. The normalized spacial score (nSPS) is 13.4. The van der Waals surface area contributed by atoms with Gasteiger partial charge in [-0.05, 0) is 24.1 Å². The number of anilines is 1. The Kier molecular flexibility index (Phi) is 5.06. The third-order valence-corrected chi connectivity index (χ3v) is 6.69. The molecule has 0 spiro atoms. The minimum absolute atomic E-state index is 0.0395. The van der Waals surface area contributed by atoms with E-state index in [9.17, 15) is 18.0 Å². The minimum Gasteiger partial charge on any atom is -0.353 e. The molecular weight excluding hydrogens is 392 g/mol. The lowest BCUT2D eigenvalue weighted by atomic mass is 10.2. The number of nitrogens with zero attached hydrogens (tertiary/aromatic N) is 3. The molecule has 0 radical (unpaired) electrons. The summed E-state index contributed by atoms with van der Waals surface area (Å²) >= 11 is 0. The van der Waals surface area contributed by atoms with Crippen molar-refractivity contribution in [3.05, 3.63) is 70.6 Å². The molecule has 0 bridgehead atoms. The van der Waals surface area contributed by atoms with Crippen LogP contribution in [0.3, 0.4) is 0 Å². The number of sulfonamides is 1. The van der Waals surface area contributed by atoms with E-state index in [1.165, 1.54) is 10.5 Å². The van der Waals surface area contributed by atoms with Crippen LogP contribution in [-0.2, 0) is 27.8 Å². The van der Waals surface area contributed by atoms with E-state index in [4.69, 9.17) is 0 Å². The summed E-state index contributed by atoms with van der Waals surface area (Å²) in [4.78, 5) is 24.6. The number of aromatic nitrogens is 2. The summed E-state index contributed by atoms with van der Waals surface area (Å²) in [5, 5.41) is 7.75. The third kappa shape index (κ3) is 3.86. The molecule has 0 aliphatic carbocycles. The highest BCUT2D eigenvalue weighted by molar-refractivity contribution is 7.92. The van der Waals surface area contributed by atoms with E-state index >= 15 is 0 Å². The van der Waals surface area contributed by atoms with Crippen LogP contribution < -0.4 is 15.2 Å². The number of benzene rings is 2. The fourth-order valence-electron chi connectivity index (χ4n) is 3.46. The summed E-state index contributed by atoms with van der Waals surface area (Å²) in [5.74, 6) is -0.681. The molecule has 1 amide bonds. The van der Waals surface area contributed by atoms with E-state index in [0.29, 0.717) is 29.4 Å². The standard InChI is InChI=1S/C20H20N4O4S/c25-19(14-23-20(26)17-7-3-1-6-16(17)13-22-23)21-10-12-29(27,28)24-11-9-15-5-2-4-8-18(15)24/h1-8,13H,9-12,14H2,(H,21,25). The molecule has 29 heavy (non-hydrogen) atoms. The number of hydrogen-bond acceptors (Lipinski definition) is 5. The van der Waals surface area contributed by atoms with Gasteiger partial charge in [-0.1, -0.05) is 36.4 Å². The fraction of sp³-hybridized carbons (Fsp3) is 0.250. The Morgan fingerprint density at radius 2 is 1.86 bits per heavy atom. The Morgan fingerprint density at radius 1 is 1.10 bits per heavy atom. The maximum absolute atomic E-state index is 12.6. The average Bonchev–Trinajstić information content (AvgIpc) is 3.15. The molecule has 1 aromatic heterocycles. The molecule has 0 saturated heterocycles. The van der Waals surface area contributed by atoms with Gasteiger partial charge in [-0.2, -0.15) is 5.10 Å². The van der Waals surface area contributed by atoms with Gasteiger partial charge in [0.1, 0.15) is 6.54 Å².